The first-order valence-electron chi connectivity index (χ1n) is 5.25. The van der Waals surface area contributed by atoms with Crippen LogP contribution in [0.25, 0.3) is 0 Å². The van der Waals surface area contributed by atoms with E-state index in [2.05, 4.69) is 9.46 Å². The number of carboxylic acids is 1. The second-order valence-corrected chi connectivity index (χ2v) is 6.37. The fourth-order valence-corrected chi connectivity index (χ4v) is 3.43. The van der Waals surface area contributed by atoms with Gasteiger partial charge in [0, 0.05) is 0 Å². The van der Waals surface area contributed by atoms with Gasteiger partial charge in [-0.15, -0.1) is 11.3 Å². The number of esters is 1. The Morgan fingerprint density at radius 3 is 2.58 bits per heavy atom. The van der Waals surface area contributed by atoms with E-state index < -0.39 is 27.7 Å². The van der Waals surface area contributed by atoms with Crippen LogP contribution in [0.4, 0.5) is 5.00 Å². The third-order valence-electron chi connectivity index (χ3n) is 1.98. The first kappa shape index (κ1) is 15.4. The molecule has 0 fully saturated rings. The SMILES string of the molecule is CCOC(=O)CS(=O)(=O)Nc1cc(C)c(C(=O)O)s1. The summed E-state index contributed by atoms with van der Waals surface area (Å²) in [5.41, 5.74) is 0.450. The average Bonchev–Trinajstić information content (AvgIpc) is 2.57. The molecule has 1 aromatic rings. The normalized spacial score (nSPS) is 11.1. The Kier molecular flexibility index (Phi) is 4.90. The van der Waals surface area contributed by atoms with Crippen molar-refractivity contribution in [1.29, 1.82) is 0 Å². The van der Waals surface area contributed by atoms with Crippen LogP contribution in [0.1, 0.15) is 22.2 Å². The number of carboxylic acid groups (broad SMARTS) is 1. The van der Waals surface area contributed by atoms with Gasteiger partial charge in [-0.25, -0.2) is 13.2 Å². The molecule has 0 bridgehead atoms. The number of sulfonamides is 1. The standard InChI is InChI=1S/C10H13NO6S2/c1-3-17-8(12)5-19(15,16)11-7-4-6(2)9(18-7)10(13)14/h4,11H,3,5H2,1-2H3,(H,13,14). The zero-order chi connectivity index (χ0) is 14.6. The van der Waals surface area contributed by atoms with E-state index in [-0.39, 0.29) is 16.5 Å². The van der Waals surface area contributed by atoms with Gasteiger partial charge in [0.15, 0.2) is 5.75 Å². The number of ether oxygens (including phenoxy) is 1. The van der Waals surface area contributed by atoms with Crippen LogP contribution >= 0.6 is 11.3 Å². The van der Waals surface area contributed by atoms with Crippen LogP contribution in [0.3, 0.4) is 0 Å². The van der Waals surface area contributed by atoms with Crippen molar-refractivity contribution >= 4 is 38.3 Å². The topological polar surface area (TPSA) is 110 Å². The van der Waals surface area contributed by atoms with Gasteiger partial charge in [0.2, 0.25) is 10.0 Å². The summed E-state index contributed by atoms with van der Waals surface area (Å²) in [5, 5.41) is 9.00. The molecule has 0 spiro atoms. The lowest BCUT2D eigenvalue weighted by atomic mass is 10.3. The Hall–Kier alpha value is -1.61. The molecule has 2 N–H and O–H groups in total. The van der Waals surface area contributed by atoms with E-state index in [1.54, 1.807) is 13.8 Å². The van der Waals surface area contributed by atoms with E-state index >= 15 is 0 Å². The number of carbonyl (C=O) groups excluding carboxylic acids is 1. The molecule has 19 heavy (non-hydrogen) atoms. The Labute approximate surface area is 114 Å². The Morgan fingerprint density at radius 2 is 2.11 bits per heavy atom. The van der Waals surface area contributed by atoms with Gasteiger partial charge in [0.1, 0.15) is 9.88 Å². The molecule has 7 nitrogen and oxygen atoms in total. The molecule has 0 radical (unpaired) electrons. The predicted octanol–water partition coefficient (Wildman–Crippen LogP) is 1.06. The van der Waals surface area contributed by atoms with Crippen molar-refractivity contribution in [3.05, 3.63) is 16.5 Å². The summed E-state index contributed by atoms with van der Waals surface area (Å²) in [6.45, 7) is 3.22. The number of carbonyl (C=O) groups is 2. The number of aryl methyl sites for hydroxylation is 1. The lowest BCUT2D eigenvalue weighted by molar-refractivity contribution is -0.139. The minimum Gasteiger partial charge on any atom is -0.477 e. The minimum absolute atomic E-state index is 0.0498. The quantitative estimate of drug-likeness (QED) is 0.760. The maximum atomic E-state index is 11.6. The summed E-state index contributed by atoms with van der Waals surface area (Å²) >= 11 is 0.793. The molecule has 106 valence electrons. The Balaban J connectivity index is 2.81. The highest BCUT2D eigenvalue weighted by Crippen LogP contribution is 2.27. The number of thiophene rings is 1. The van der Waals surface area contributed by atoms with Gasteiger partial charge < -0.3 is 9.84 Å². The van der Waals surface area contributed by atoms with Crippen molar-refractivity contribution < 1.29 is 27.9 Å². The number of nitrogens with one attached hydrogen (secondary N) is 1. The molecule has 0 unspecified atom stereocenters. The maximum Gasteiger partial charge on any atom is 0.346 e. The molecule has 9 heteroatoms. The van der Waals surface area contributed by atoms with Crippen molar-refractivity contribution in [2.24, 2.45) is 0 Å². The highest BCUT2D eigenvalue weighted by atomic mass is 32.2. The highest BCUT2D eigenvalue weighted by molar-refractivity contribution is 7.93. The van der Waals surface area contributed by atoms with Crippen LogP contribution in [0, 0.1) is 6.92 Å². The van der Waals surface area contributed by atoms with Crippen LogP contribution in [0.2, 0.25) is 0 Å². The molecular formula is C10H13NO6S2. The predicted molar refractivity (Wildman–Crippen MR) is 70.1 cm³/mol. The highest BCUT2D eigenvalue weighted by Gasteiger charge is 2.20. The summed E-state index contributed by atoms with van der Waals surface area (Å²) in [7, 11) is -3.89. The van der Waals surface area contributed by atoms with E-state index in [1.807, 2.05) is 0 Å². The van der Waals surface area contributed by atoms with Gasteiger partial charge in [-0.2, -0.15) is 0 Å². The van der Waals surface area contributed by atoms with Gasteiger partial charge in [0.25, 0.3) is 0 Å². The van der Waals surface area contributed by atoms with E-state index in [9.17, 15) is 18.0 Å². The number of rotatable bonds is 6. The van der Waals surface area contributed by atoms with Gasteiger partial charge in [-0.1, -0.05) is 0 Å². The summed E-state index contributed by atoms with van der Waals surface area (Å²) in [5.74, 6) is -2.79. The van der Waals surface area contributed by atoms with Crippen molar-refractivity contribution in [3.8, 4) is 0 Å². The van der Waals surface area contributed by atoms with Crippen LogP contribution in [-0.2, 0) is 19.6 Å². The number of aromatic carboxylic acids is 1. The summed E-state index contributed by atoms with van der Waals surface area (Å²) in [4.78, 5) is 22.0. The molecule has 1 rings (SSSR count). The summed E-state index contributed by atoms with van der Waals surface area (Å²) < 4.78 is 29.9. The van der Waals surface area contributed by atoms with E-state index in [4.69, 9.17) is 5.11 Å². The lowest BCUT2D eigenvalue weighted by Crippen LogP contribution is -2.24. The van der Waals surface area contributed by atoms with Gasteiger partial charge >= 0.3 is 11.9 Å². The zero-order valence-corrected chi connectivity index (χ0v) is 11.9. The van der Waals surface area contributed by atoms with Gasteiger partial charge in [-0.3, -0.25) is 9.52 Å². The molecule has 0 aliphatic carbocycles. The summed E-state index contributed by atoms with van der Waals surface area (Å²) in [6.07, 6.45) is 0. The van der Waals surface area contributed by atoms with E-state index in [0.29, 0.717) is 5.56 Å². The Morgan fingerprint density at radius 1 is 1.47 bits per heavy atom. The third kappa shape index (κ3) is 4.52. The van der Waals surface area contributed by atoms with Gasteiger partial charge in [-0.05, 0) is 25.5 Å². The average molecular weight is 307 g/mol. The van der Waals surface area contributed by atoms with Crippen molar-refractivity contribution in [2.45, 2.75) is 13.8 Å². The molecule has 0 amide bonds. The second-order valence-electron chi connectivity index (χ2n) is 3.59. The molecule has 0 saturated carbocycles. The fourth-order valence-electron chi connectivity index (χ4n) is 1.29. The molecule has 1 aromatic heterocycles. The summed E-state index contributed by atoms with van der Waals surface area (Å²) in [6, 6.07) is 1.40. The number of anilines is 1. The van der Waals surface area contributed by atoms with Crippen molar-refractivity contribution in [3.63, 3.8) is 0 Å². The Bertz CT molecular complexity index is 589. The van der Waals surface area contributed by atoms with Gasteiger partial charge in [0.05, 0.1) is 6.61 Å². The first-order valence-corrected chi connectivity index (χ1v) is 7.72. The zero-order valence-electron chi connectivity index (χ0n) is 10.3. The maximum absolute atomic E-state index is 11.6. The third-order valence-corrected chi connectivity index (χ3v) is 4.40. The van der Waals surface area contributed by atoms with Crippen molar-refractivity contribution in [2.75, 3.05) is 17.1 Å². The molecule has 0 saturated heterocycles. The number of hydrogen-bond acceptors (Lipinski definition) is 6. The number of hydrogen-bond donors (Lipinski definition) is 2. The van der Waals surface area contributed by atoms with Crippen LogP contribution in [0.15, 0.2) is 6.07 Å². The largest absolute Gasteiger partial charge is 0.477 e. The monoisotopic (exact) mass is 307 g/mol. The second kappa shape index (κ2) is 6.02. The van der Waals surface area contributed by atoms with Crippen molar-refractivity contribution in [1.82, 2.24) is 0 Å². The van der Waals surface area contributed by atoms with E-state index in [0.717, 1.165) is 11.3 Å². The van der Waals surface area contributed by atoms with Crippen LogP contribution < -0.4 is 4.72 Å². The molecule has 0 aromatic carbocycles. The smallest absolute Gasteiger partial charge is 0.346 e. The molecular weight excluding hydrogens is 294 g/mol. The molecule has 0 atom stereocenters. The first-order chi connectivity index (χ1) is 8.75. The molecule has 1 heterocycles. The lowest BCUT2D eigenvalue weighted by Gasteiger charge is -2.05. The molecule has 0 aliphatic rings. The molecule has 0 aliphatic heterocycles. The fraction of sp³-hybridized carbons (Fsp3) is 0.400. The minimum atomic E-state index is -3.89. The van der Waals surface area contributed by atoms with Crippen LogP contribution in [0.5, 0.6) is 0 Å². The van der Waals surface area contributed by atoms with Crippen LogP contribution in [-0.4, -0.2) is 37.8 Å². The van der Waals surface area contributed by atoms with E-state index in [1.165, 1.54) is 6.07 Å².